The molecule has 4 rings (SSSR count). The lowest BCUT2D eigenvalue weighted by Crippen LogP contribution is -2.53. The summed E-state index contributed by atoms with van der Waals surface area (Å²) in [6.45, 7) is 0.0347. The Bertz CT molecular complexity index is 1080. The highest BCUT2D eigenvalue weighted by Gasteiger charge is 2.52. The average molecular weight is 410 g/mol. The van der Waals surface area contributed by atoms with Gasteiger partial charge >= 0.3 is 12.0 Å². The van der Waals surface area contributed by atoms with Gasteiger partial charge in [-0.05, 0) is 23.8 Å². The molecule has 1 saturated heterocycles. The van der Waals surface area contributed by atoms with Gasteiger partial charge in [0.05, 0.1) is 20.8 Å². The Morgan fingerprint density at radius 1 is 1.23 bits per heavy atom. The van der Waals surface area contributed by atoms with E-state index in [1.807, 2.05) is 0 Å². The van der Waals surface area contributed by atoms with Gasteiger partial charge in [-0.2, -0.15) is 0 Å². The highest BCUT2D eigenvalue weighted by atomic mass is 16.5. The minimum absolute atomic E-state index is 0.122. The average Bonchev–Trinajstić information content (AvgIpc) is 3.22. The third kappa shape index (κ3) is 2.93. The molecule has 2 aromatic rings. The van der Waals surface area contributed by atoms with E-state index in [9.17, 15) is 19.2 Å². The molecule has 154 valence electrons. The number of imide groups is 1. The lowest BCUT2D eigenvalue weighted by molar-refractivity contribution is -0.124. The zero-order valence-corrected chi connectivity index (χ0v) is 16.2. The number of amides is 4. The summed E-state index contributed by atoms with van der Waals surface area (Å²) in [5, 5.41) is 4.78. The maximum atomic E-state index is 13.0. The van der Waals surface area contributed by atoms with Crippen molar-refractivity contribution in [1.29, 1.82) is 0 Å². The summed E-state index contributed by atoms with van der Waals surface area (Å²) in [5.74, 6) is -1.24. The number of methoxy groups -OCH3 is 2. The number of ether oxygens (including phenoxy) is 2. The molecule has 0 saturated carbocycles. The Morgan fingerprint density at radius 3 is 2.70 bits per heavy atom. The van der Waals surface area contributed by atoms with Crippen LogP contribution >= 0.6 is 0 Å². The number of rotatable bonds is 5. The number of pyridine rings is 1. The Morgan fingerprint density at radius 2 is 2.03 bits per heavy atom. The number of fused-ring (bicyclic) bond motifs is 1. The SMILES string of the molecule is COC(=O)c1ncccc1[C@]1(CN2Cc3ccc(OC)cc3C2=O)NC(=O)NC1=O. The molecule has 2 N–H and O–H groups in total. The second-order valence-electron chi connectivity index (χ2n) is 6.89. The van der Waals surface area contributed by atoms with Gasteiger partial charge < -0.3 is 19.7 Å². The second-order valence-corrected chi connectivity index (χ2v) is 6.89. The predicted molar refractivity (Wildman–Crippen MR) is 102 cm³/mol. The van der Waals surface area contributed by atoms with Crippen LogP contribution < -0.4 is 15.4 Å². The first kappa shape index (κ1) is 19.4. The number of urea groups is 1. The fourth-order valence-electron chi connectivity index (χ4n) is 3.77. The molecule has 0 spiro atoms. The minimum atomic E-state index is -1.70. The van der Waals surface area contributed by atoms with Gasteiger partial charge in [-0.1, -0.05) is 12.1 Å². The molecule has 0 bridgehead atoms. The van der Waals surface area contributed by atoms with E-state index in [4.69, 9.17) is 9.47 Å². The smallest absolute Gasteiger partial charge is 0.357 e. The van der Waals surface area contributed by atoms with Crippen LogP contribution in [0.15, 0.2) is 36.5 Å². The number of esters is 1. The van der Waals surface area contributed by atoms with Gasteiger partial charge in [0, 0.05) is 23.9 Å². The zero-order chi connectivity index (χ0) is 21.5. The van der Waals surface area contributed by atoms with E-state index < -0.39 is 23.4 Å². The van der Waals surface area contributed by atoms with Crippen LogP contribution in [-0.2, 0) is 21.6 Å². The normalized spacial score (nSPS) is 19.9. The zero-order valence-electron chi connectivity index (χ0n) is 16.2. The van der Waals surface area contributed by atoms with Gasteiger partial charge in [0.25, 0.3) is 11.8 Å². The standard InChI is InChI=1S/C20H18N4O6/c1-29-12-6-5-11-9-24(16(25)13(11)8-12)10-20(18(27)22-19(28)23-20)14-4-3-7-21-15(14)17(26)30-2/h3-8H,9-10H2,1-2H3,(H2,22,23,27,28)/t20-/m0/s1. The topological polar surface area (TPSA) is 127 Å². The molecular formula is C20H18N4O6. The number of carbonyl (C=O) groups excluding carboxylic acids is 4. The van der Waals surface area contributed by atoms with E-state index in [0.29, 0.717) is 11.3 Å². The summed E-state index contributed by atoms with van der Waals surface area (Å²) < 4.78 is 9.95. The molecule has 2 aliphatic rings. The lowest BCUT2D eigenvalue weighted by atomic mass is 9.87. The molecule has 0 unspecified atom stereocenters. The molecule has 1 atom stereocenters. The molecule has 1 aromatic carbocycles. The largest absolute Gasteiger partial charge is 0.497 e. The number of nitrogens with one attached hydrogen (secondary N) is 2. The van der Waals surface area contributed by atoms with Crippen LogP contribution in [0.5, 0.6) is 5.75 Å². The highest BCUT2D eigenvalue weighted by Crippen LogP contribution is 2.33. The number of hydrogen-bond acceptors (Lipinski definition) is 7. The fourth-order valence-corrected chi connectivity index (χ4v) is 3.77. The van der Waals surface area contributed by atoms with Gasteiger partial charge in [0.2, 0.25) is 0 Å². The molecule has 10 heteroatoms. The van der Waals surface area contributed by atoms with Gasteiger partial charge in [-0.15, -0.1) is 0 Å². The third-order valence-corrected chi connectivity index (χ3v) is 5.21. The van der Waals surface area contributed by atoms with Crippen LogP contribution in [-0.4, -0.2) is 54.5 Å². The summed E-state index contributed by atoms with van der Waals surface area (Å²) in [7, 11) is 2.69. The molecule has 1 fully saturated rings. The molecule has 0 aliphatic carbocycles. The number of benzene rings is 1. The van der Waals surface area contributed by atoms with Crippen LogP contribution in [0.2, 0.25) is 0 Å². The van der Waals surface area contributed by atoms with E-state index >= 15 is 0 Å². The summed E-state index contributed by atoms with van der Waals surface area (Å²) >= 11 is 0. The number of nitrogens with zero attached hydrogens (tertiary/aromatic N) is 2. The van der Waals surface area contributed by atoms with Crippen molar-refractivity contribution in [1.82, 2.24) is 20.5 Å². The van der Waals surface area contributed by atoms with Gasteiger partial charge in [0.1, 0.15) is 5.75 Å². The molecule has 3 heterocycles. The molecule has 10 nitrogen and oxygen atoms in total. The van der Waals surface area contributed by atoms with Crippen molar-refractivity contribution < 1.29 is 28.7 Å². The van der Waals surface area contributed by atoms with E-state index in [2.05, 4.69) is 15.6 Å². The third-order valence-electron chi connectivity index (χ3n) is 5.21. The van der Waals surface area contributed by atoms with Crippen LogP contribution in [0.4, 0.5) is 4.79 Å². The van der Waals surface area contributed by atoms with Crippen LogP contribution in [0.25, 0.3) is 0 Å². The van der Waals surface area contributed by atoms with E-state index in [-0.39, 0.29) is 30.3 Å². The van der Waals surface area contributed by atoms with Gasteiger partial charge in [0.15, 0.2) is 11.2 Å². The minimum Gasteiger partial charge on any atom is -0.497 e. The van der Waals surface area contributed by atoms with E-state index in [1.54, 1.807) is 18.2 Å². The predicted octanol–water partition coefficient (Wildman–Crippen LogP) is 0.568. The number of carbonyl (C=O) groups is 4. The van der Waals surface area contributed by atoms with Crippen molar-refractivity contribution in [3.63, 3.8) is 0 Å². The Kier molecular flexibility index (Phi) is 4.61. The van der Waals surface area contributed by atoms with Crippen molar-refractivity contribution >= 4 is 23.8 Å². The van der Waals surface area contributed by atoms with Crippen LogP contribution in [0, 0.1) is 0 Å². The first-order chi connectivity index (χ1) is 14.4. The van der Waals surface area contributed by atoms with E-state index in [0.717, 1.165) is 5.56 Å². The van der Waals surface area contributed by atoms with Crippen LogP contribution in [0.1, 0.15) is 32.0 Å². The second kappa shape index (κ2) is 7.14. The van der Waals surface area contributed by atoms with Gasteiger partial charge in [-0.3, -0.25) is 14.9 Å². The Hall–Kier alpha value is -3.95. The molecule has 30 heavy (non-hydrogen) atoms. The number of hydrogen-bond donors (Lipinski definition) is 2. The molecule has 1 aromatic heterocycles. The Labute approximate surface area is 171 Å². The fraction of sp³-hybridized carbons (Fsp3) is 0.250. The molecule has 4 amide bonds. The number of aromatic nitrogens is 1. The highest BCUT2D eigenvalue weighted by molar-refractivity contribution is 6.09. The summed E-state index contributed by atoms with van der Waals surface area (Å²) in [6, 6.07) is 7.45. The van der Waals surface area contributed by atoms with Crippen molar-refractivity contribution in [2.45, 2.75) is 12.1 Å². The van der Waals surface area contributed by atoms with Crippen molar-refractivity contribution in [2.24, 2.45) is 0 Å². The molecule has 0 radical (unpaired) electrons. The summed E-state index contributed by atoms with van der Waals surface area (Å²) in [5.41, 5.74) is -0.463. The van der Waals surface area contributed by atoms with Crippen molar-refractivity contribution in [2.75, 3.05) is 20.8 Å². The summed E-state index contributed by atoms with van der Waals surface area (Å²) in [4.78, 5) is 55.7. The van der Waals surface area contributed by atoms with Crippen LogP contribution in [0.3, 0.4) is 0 Å². The molecule has 2 aliphatic heterocycles. The van der Waals surface area contributed by atoms with Crippen molar-refractivity contribution in [3.05, 3.63) is 58.9 Å². The monoisotopic (exact) mass is 410 g/mol. The lowest BCUT2D eigenvalue weighted by Gasteiger charge is -2.31. The maximum absolute atomic E-state index is 13.0. The summed E-state index contributed by atoms with van der Waals surface area (Å²) in [6.07, 6.45) is 1.38. The Balaban J connectivity index is 1.76. The van der Waals surface area contributed by atoms with Gasteiger partial charge in [-0.25, -0.2) is 14.6 Å². The first-order valence-electron chi connectivity index (χ1n) is 9.03. The first-order valence-corrected chi connectivity index (χ1v) is 9.03. The maximum Gasteiger partial charge on any atom is 0.357 e. The van der Waals surface area contributed by atoms with E-state index in [1.165, 1.54) is 37.4 Å². The quantitative estimate of drug-likeness (QED) is 0.545. The van der Waals surface area contributed by atoms with Crippen molar-refractivity contribution in [3.8, 4) is 5.75 Å². The molecular weight excluding hydrogens is 392 g/mol.